The fourth-order valence-electron chi connectivity index (χ4n) is 6.78. The Hall–Kier alpha value is -5.16. The number of aliphatic carboxylic acids is 1. The van der Waals surface area contributed by atoms with Gasteiger partial charge < -0.3 is 20.5 Å². The number of nitrogens with one attached hydrogen (secondary N) is 2. The van der Waals surface area contributed by atoms with E-state index in [9.17, 15) is 32.7 Å². The number of rotatable bonds is 12. The molecule has 51 heavy (non-hydrogen) atoms. The zero-order valence-electron chi connectivity index (χ0n) is 28.0. The molecule has 0 radical (unpaired) electrons. The number of ether oxygens (including phenoxy) is 1. The van der Waals surface area contributed by atoms with Crippen molar-refractivity contribution in [2.45, 2.75) is 76.0 Å². The van der Waals surface area contributed by atoms with Crippen LogP contribution in [0.4, 0.5) is 13.2 Å². The van der Waals surface area contributed by atoms with E-state index in [0.717, 1.165) is 65.6 Å². The van der Waals surface area contributed by atoms with Crippen LogP contribution in [0, 0.1) is 0 Å². The van der Waals surface area contributed by atoms with Crippen LogP contribution in [0.25, 0.3) is 11.1 Å². The van der Waals surface area contributed by atoms with Crippen LogP contribution in [-0.2, 0) is 46.6 Å². The van der Waals surface area contributed by atoms with Crippen LogP contribution in [-0.4, -0.2) is 52.5 Å². The number of carboxylic acids is 1. The molecule has 8 nitrogen and oxygen atoms in total. The number of carboxylic acid groups (broad SMARTS) is 1. The molecule has 0 aromatic heterocycles. The summed E-state index contributed by atoms with van der Waals surface area (Å²) in [5, 5.41) is 15.9. The molecule has 2 atom stereocenters. The Morgan fingerprint density at radius 1 is 0.843 bits per heavy atom. The summed E-state index contributed by atoms with van der Waals surface area (Å²) in [7, 11) is 0. The zero-order valence-corrected chi connectivity index (χ0v) is 28.0. The molecule has 1 unspecified atom stereocenters. The molecule has 4 aromatic rings. The monoisotopic (exact) mass is 699 g/mol. The van der Waals surface area contributed by atoms with Gasteiger partial charge in [-0.05, 0) is 76.9 Å². The molecule has 2 aliphatic rings. The van der Waals surface area contributed by atoms with Crippen LogP contribution < -0.4 is 15.4 Å². The van der Waals surface area contributed by atoms with Crippen molar-refractivity contribution in [2.75, 3.05) is 6.54 Å². The van der Waals surface area contributed by atoms with Gasteiger partial charge in [0, 0.05) is 19.0 Å². The molecule has 0 bridgehead atoms. The van der Waals surface area contributed by atoms with Gasteiger partial charge in [-0.2, -0.15) is 13.2 Å². The normalized spacial score (nSPS) is 17.0. The molecule has 1 saturated carbocycles. The van der Waals surface area contributed by atoms with E-state index >= 15 is 0 Å². The molecular weight excluding hydrogens is 659 g/mol. The second-order valence-electron chi connectivity index (χ2n) is 13.3. The van der Waals surface area contributed by atoms with Gasteiger partial charge >= 0.3 is 12.1 Å². The summed E-state index contributed by atoms with van der Waals surface area (Å²) in [4.78, 5) is 41.2. The number of hydrogen-bond acceptors (Lipinski definition) is 5. The smallest absolute Gasteiger partial charge is 0.416 e. The number of carbonyl (C=O) groups excluding carboxylic acids is 2. The van der Waals surface area contributed by atoms with E-state index in [2.05, 4.69) is 10.6 Å². The van der Waals surface area contributed by atoms with Gasteiger partial charge in [-0.1, -0.05) is 85.6 Å². The van der Waals surface area contributed by atoms with Crippen molar-refractivity contribution in [1.29, 1.82) is 0 Å². The van der Waals surface area contributed by atoms with E-state index in [-0.39, 0.29) is 44.5 Å². The maximum absolute atomic E-state index is 13.9. The average molecular weight is 700 g/mol. The predicted octanol–water partition coefficient (Wildman–Crippen LogP) is 6.55. The largest absolute Gasteiger partial charge is 0.489 e. The van der Waals surface area contributed by atoms with Crippen molar-refractivity contribution in [3.05, 3.63) is 125 Å². The lowest BCUT2D eigenvalue weighted by Gasteiger charge is -2.36. The van der Waals surface area contributed by atoms with Crippen molar-refractivity contribution >= 4 is 17.8 Å². The Kier molecular flexibility index (Phi) is 11.1. The van der Waals surface area contributed by atoms with E-state index in [4.69, 9.17) is 4.74 Å². The molecule has 0 saturated heterocycles. The number of hydrogen-bond donors (Lipinski definition) is 3. The molecule has 1 aliphatic carbocycles. The Labute approximate surface area is 294 Å². The van der Waals surface area contributed by atoms with E-state index in [1.165, 1.54) is 12.1 Å². The molecule has 11 heteroatoms. The van der Waals surface area contributed by atoms with Crippen LogP contribution in [0.1, 0.15) is 53.5 Å². The molecule has 3 N–H and O–H groups in total. The van der Waals surface area contributed by atoms with E-state index in [1.807, 2.05) is 66.7 Å². The van der Waals surface area contributed by atoms with Gasteiger partial charge in [-0.3, -0.25) is 14.5 Å². The topological polar surface area (TPSA) is 108 Å². The molecule has 266 valence electrons. The number of carbonyl (C=O) groups is 3. The molecule has 0 spiro atoms. The highest BCUT2D eigenvalue weighted by molar-refractivity contribution is 5.88. The third-order valence-electron chi connectivity index (χ3n) is 9.58. The average Bonchev–Trinajstić information content (AvgIpc) is 3.63. The van der Waals surface area contributed by atoms with Crippen molar-refractivity contribution in [3.8, 4) is 16.9 Å². The van der Waals surface area contributed by atoms with Crippen molar-refractivity contribution < 1.29 is 37.4 Å². The Morgan fingerprint density at radius 2 is 1.51 bits per heavy atom. The Morgan fingerprint density at radius 3 is 2.18 bits per heavy atom. The molecule has 1 aliphatic heterocycles. The third-order valence-corrected chi connectivity index (χ3v) is 9.58. The van der Waals surface area contributed by atoms with Gasteiger partial charge in [-0.15, -0.1) is 0 Å². The second-order valence-corrected chi connectivity index (χ2v) is 13.3. The first-order valence-electron chi connectivity index (χ1n) is 17.1. The van der Waals surface area contributed by atoms with Crippen LogP contribution >= 0.6 is 0 Å². The quantitative estimate of drug-likeness (QED) is 0.155. The first kappa shape index (κ1) is 35.7. The van der Waals surface area contributed by atoms with Gasteiger partial charge in [0.05, 0.1) is 18.2 Å². The van der Waals surface area contributed by atoms with Crippen LogP contribution in [0.3, 0.4) is 0 Å². The number of fused-ring (bicyclic) bond motifs is 1. The van der Waals surface area contributed by atoms with Gasteiger partial charge in [0.15, 0.2) is 0 Å². The predicted molar refractivity (Wildman–Crippen MR) is 186 cm³/mol. The van der Waals surface area contributed by atoms with E-state index in [1.54, 1.807) is 11.0 Å². The summed E-state index contributed by atoms with van der Waals surface area (Å²) in [5.74, 6) is -1.35. The SMILES string of the molecule is O=C(CN1Cc2cc(OCc3ccc(C(F)(F)F)cc3)ccc2CC1C(=O)N[C@@H](Cc1ccc(-c2ccccc2)cc1)C(=O)O)NC1CCCC1. The number of nitrogens with zero attached hydrogens (tertiary/aromatic N) is 1. The number of halogens is 3. The standard InChI is InChI=1S/C40H40F3N3O5/c41-40(42,43)32-17-12-27(13-18-32)25-51-34-19-16-30-22-36(46(23-31(30)21-34)24-37(47)44-33-8-4-5-9-33)38(48)45-35(39(49)50)20-26-10-14-29(15-11-26)28-6-2-1-3-7-28/h1-3,6-7,10-19,21,33,35-36H,4-5,8-9,20,22-25H2,(H,44,47)(H,45,48)(H,49,50)/t35-,36?/m0/s1. The summed E-state index contributed by atoms with van der Waals surface area (Å²) in [6.45, 7) is 0.242. The van der Waals surface area contributed by atoms with Crippen molar-refractivity contribution in [1.82, 2.24) is 15.5 Å². The van der Waals surface area contributed by atoms with Gasteiger partial charge in [0.1, 0.15) is 18.4 Å². The first-order valence-corrected chi connectivity index (χ1v) is 17.1. The second kappa shape index (κ2) is 15.8. The van der Waals surface area contributed by atoms with Crippen molar-refractivity contribution in [2.24, 2.45) is 0 Å². The summed E-state index contributed by atoms with van der Waals surface area (Å²) in [5.41, 5.74) is 4.33. The van der Waals surface area contributed by atoms with Crippen LogP contribution in [0.2, 0.25) is 0 Å². The number of alkyl halides is 3. The molecule has 1 heterocycles. The highest BCUT2D eigenvalue weighted by Crippen LogP contribution is 2.31. The molecule has 1 fully saturated rings. The molecule has 6 rings (SSSR count). The lowest BCUT2D eigenvalue weighted by atomic mass is 9.92. The fraction of sp³-hybridized carbons (Fsp3) is 0.325. The summed E-state index contributed by atoms with van der Waals surface area (Å²) in [6, 6.07) is 25.7. The van der Waals surface area contributed by atoms with E-state index < -0.39 is 35.7 Å². The van der Waals surface area contributed by atoms with Gasteiger partial charge in [0.25, 0.3) is 0 Å². The van der Waals surface area contributed by atoms with Gasteiger partial charge in [0.2, 0.25) is 11.8 Å². The number of benzene rings is 4. The molecular formula is C40H40F3N3O5. The minimum absolute atomic E-state index is 0.0522. The maximum atomic E-state index is 13.9. The summed E-state index contributed by atoms with van der Waals surface area (Å²) in [6.07, 6.45) is -0.177. The van der Waals surface area contributed by atoms with Gasteiger partial charge in [-0.25, -0.2) is 4.79 Å². The lowest BCUT2D eigenvalue weighted by molar-refractivity contribution is -0.143. The highest BCUT2D eigenvalue weighted by Gasteiger charge is 2.35. The molecule has 2 amide bonds. The Bertz CT molecular complexity index is 1830. The lowest BCUT2D eigenvalue weighted by Crippen LogP contribution is -2.56. The fourth-order valence-corrected chi connectivity index (χ4v) is 6.78. The minimum atomic E-state index is -4.42. The maximum Gasteiger partial charge on any atom is 0.416 e. The summed E-state index contributed by atoms with van der Waals surface area (Å²) < 4.78 is 44.8. The Balaban J connectivity index is 1.15. The zero-order chi connectivity index (χ0) is 36.0. The number of amides is 2. The van der Waals surface area contributed by atoms with Crippen LogP contribution in [0.15, 0.2) is 97.1 Å². The first-order chi connectivity index (χ1) is 24.5. The third kappa shape index (κ3) is 9.35. The minimum Gasteiger partial charge on any atom is -0.489 e. The summed E-state index contributed by atoms with van der Waals surface area (Å²) >= 11 is 0. The van der Waals surface area contributed by atoms with Crippen molar-refractivity contribution in [3.63, 3.8) is 0 Å². The highest BCUT2D eigenvalue weighted by atomic mass is 19.4. The van der Waals surface area contributed by atoms with Crippen LogP contribution in [0.5, 0.6) is 5.75 Å². The van der Waals surface area contributed by atoms with E-state index in [0.29, 0.717) is 11.3 Å². The molecule has 4 aromatic carbocycles.